The first kappa shape index (κ1) is 18.2. The van der Waals surface area contributed by atoms with Crippen LogP contribution in [0.25, 0.3) is 0 Å². The molecule has 0 aliphatic rings. The summed E-state index contributed by atoms with van der Waals surface area (Å²) in [4.78, 5) is 12.5. The molecular formula is C19H20ClN3O3. The Morgan fingerprint density at radius 3 is 2.46 bits per heavy atom. The van der Waals surface area contributed by atoms with E-state index in [4.69, 9.17) is 20.9 Å². The Labute approximate surface area is 156 Å². The molecule has 0 aliphatic carbocycles. The molecule has 2 aromatic heterocycles. The maximum absolute atomic E-state index is 12.5. The number of aryl methyl sites for hydroxylation is 4. The van der Waals surface area contributed by atoms with Gasteiger partial charge in [0, 0.05) is 0 Å². The molecule has 0 saturated heterocycles. The quantitative estimate of drug-likeness (QED) is 0.628. The van der Waals surface area contributed by atoms with E-state index in [1.54, 1.807) is 25.5 Å². The Kier molecular flexibility index (Phi) is 5.13. The fraction of sp³-hybridized carbons (Fsp3) is 0.316. The van der Waals surface area contributed by atoms with Crippen molar-refractivity contribution in [1.82, 2.24) is 14.9 Å². The number of esters is 1. The summed E-state index contributed by atoms with van der Waals surface area (Å²) >= 11 is 6.40. The number of carbonyl (C=O) groups is 1. The van der Waals surface area contributed by atoms with Crippen LogP contribution in [0.1, 0.15) is 44.2 Å². The van der Waals surface area contributed by atoms with Gasteiger partial charge in [0.15, 0.2) is 0 Å². The van der Waals surface area contributed by atoms with E-state index < -0.39 is 5.97 Å². The maximum atomic E-state index is 12.5. The van der Waals surface area contributed by atoms with Gasteiger partial charge in [-0.2, -0.15) is 5.10 Å². The summed E-state index contributed by atoms with van der Waals surface area (Å²) in [5.74, 6) is 0.121. The fourth-order valence-corrected chi connectivity index (χ4v) is 2.99. The number of ether oxygens (including phenoxy) is 1. The minimum absolute atomic E-state index is 0.0823. The summed E-state index contributed by atoms with van der Waals surface area (Å²) in [6.07, 6.45) is 0. The van der Waals surface area contributed by atoms with Crippen molar-refractivity contribution in [2.24, 2.45) is 0 Å². The van der Waals surface area contributed by atoms with Gasteiger partial charge < -0.3 is 9.26 Å². The van der Waals surface area contributed by atoms with Crippen LogP contribution in [-0.4, -0.2) is 20.9 Å². The van der Waals surface area contributed by atoms with Crippen LogP contribution in [0.3, 0.4) is 0 Å². The van der Waals surface area contributed by atoms with Crippen molar-refractivity contribution < 1.29 is 14.1 Å². The Morgan fingerprint density at radius 2 is 1.85 bits per heavy atom. The summed E-state index contributed by atoms with van der Waals surface area (Å²) < 4.78 is 12.1. The van der Waals surface area contributed by atoms with E-state index >= 15 is 0 Å². The van der Waals surface area contributed by atoms with Gasteiger partial charge in [0.05, 0.1) is 23.5 Å². The van der Waals surface area contributed by atoms with Crippen molar-refractivity contribution in [2.75, 3.05) is 0 Å². The van der Waals surface area contributed by atoms with E-state index in [-0.39, 0.29) is 17.3 Å². The van der Waals surface area contributed by atoms with Crippen LogP contribution in [0.15, 0.2) is 28.8 Å². The van der Waals surface area contributed by atoms with Crippen LogP contribution in [0.5, 0.6) is 0 Å². The minimum Gasteiger partial charge on any atom is -0.457 e. The molecule has 0 aliphatic heterocycles. The average molecular weight is 374 g/mol. The van der Waals surface area contributed by atoms with Crippen molar-refractivity contribution in [3.05, 3.63) is 68.8 Å². The Morgan fingerprint density at radius 1 is 1.15 bits per heavy atom. The van der Waals surface area contributed by atoms with Crippen molar-refractivity contribution in [3.63, 3.8) is 0 Å². The molecule has 0 amide bonds. The molecule has 3 rings (SSSR count). The third-order valence-electron chi connectivity index (χ3n) is 4.25. The molecule has 0 bridgehead atoms. The standard InChI is InChI=1S/C19H20ClN3O3/c1-11-5-7-15(8-6-11)9-23-18(20)17(13(3)21-23)19(24)25-10-16-12(2)22-26-14(16)4/h5-8H,9-10H2,1-4H3. The fourth-order valence-electron chi connectivity index (χ4n) is 2.67. The Hall–Kier alpha value is -2.60. The van der Waals surface area contributed by atoms with Gasteiger partial charge in [-0.15, -0.1) is 0 Å². The van der Waals surface area contributed by atoms with E-state index in [9.17, 15) is 4.79 Å². The highest BCUT2D eigenvalue weighted by Crippen LogP contribution is 2.23. The monoisotopic (exact) mass is 373 g/mol. The van der Waals surface area contributed by atoms with Gasteiger partial charge in [-0.3, -0.25) is 0 Å². The molecule has 0 spiro atoms. The predicted octanol–water partition coefficient (Wildman–Crippen LogP) is 4.16. The topological polar surface area (TPSA) is 70.2 Å². The smallest absolute Gasteiger partial charge is 0.343 e. The first-order valence-electron chi connectivity index (χ1n) is 8.24. The molecule has 7 heteroatoms. The predicted molar refractivity (Wildman–Crippen MR) is 97.4 cm³/mol. The van der Waals surface area contributed by atoms with Crippen LogP contribution in [-0.2, 0) is 17.9 Å². The number of hydrogen-bond donors (Lipinski definition) is 0. The van der Waals surface area contributed by atoms with Crippen molar-refractivity contribution in [3.8, 4) is 0 Å². The summed E-state index contributed by atoms with van der Waals surface area (Å²) in [5.41, 5.74) is 4.51. The molecule has 1 aromatic carbocycles. The lowest BCUT2D eigenvalue weighted by atomic mass is 10.1. The van der Waals surface area contributed by atoms with Gasteiger partial charge in [0.1, 0.15) is 23.1 Å². The largest absolute Gasteiger partial charge is 0.457 e. The SMILES string of the molecule is Cc1ccc(Cn2nc(C)c(C(=O)OCc3c(C)noc3C)c2Cl)cc1. The third kappa shape index (κ3) is 3.65. The number of rotatable bonds is 5. The number of carbonyl (C=O) groups excluding carboxylic acids is 1. The highest BCUT2D eigenvalue weighted by molar-refractivity contribution is 6.32. The summed E-state index contributed by atoms with van der Waals surface area (Å²) in [5, 5.41) is 8.50. The molecular weight excluding hydrogens is 354 g/mol. The van der Waals surface area contributed by atoms with Crippen molar-refractivity contribution in [1.29, 1.82) is 0 Å². The lowest BCUT2D eigenvalue weighted by Crippen LogP contribution is -2.08. The van der Waals surface area contributed by atoms with Crippen LogP contribution in [0.2, 0.25) is 5.15 Å². The number of halogens is 1. The zero-order valence-electron chi connectivity index (χ0n) is 15.2. The molecule has 6 nitrogen and oxygen atoms in total. The minimum atomic E-state index is -0.511. The maximum Gasteiger partial charge on any atom is 0.343 e. The van der Waals surface area contributed by atoms with Gasteiger partial charge in [-0.25, -0.2) is 9.48 Å². The van der Waals surface area contributed by atoms with Gasteiger partial charge in [0.25, 0.3) is 0 Å². The lowest BCUT2D eigenvalue weighted by molar-refractivity contribution is 0.0470. The molecule has 0 saturated carbocycles. The zero-order chi connectivity index (χ0) is 18.8. The Balaban J connectivity index is 1.76. The second-order valence-corrected chi connectivity index (χ2v) is 6.63. The third-order valence-corrected chi connectivity index (χ3v) is 4.64. The van der Waals surface area contributed by atoms with Gasteiger partial charge in [-0.1, -0.05) is 46.6 Å². The zero-order valence-corrected chi connectivity index (χ0v) is 15.9. The summed E-state index contributed by atoms with van der Waals surface area (Å²) in [7, 11) is 0. The van der Waals surface area contributed by atoms with Gasteiger partial charge in [0.2, 0.25) is 0 Å². The number of aromatic nitrogens is 3. The summed E-state index contributed by atoms with van der Waals surface area (Å²) in [6.45, 7) is 7.92. The van der Waals surface area contributed by atoms with E-state index in [2.05, 4.69) is 10.3 Å². The highest BCUT2D eigenvalue weighted by Gasteiger charge is 2.23. The molecule has 136 valence electrons. The summed E-state index contributed by atoms with van der Waals surface area (Å²) in [6, 6.07) is 8.08. The average Bonchev–Trinajstić information content (AvgIpc) is 3.06. The number of nitrogens with zero attached hydrogens (tertiary/aromatic N) is 3. The van der Waals surface area contributed by atoms with E-state index in [0.717, 1.165) is 11.1 Å². The normalized spacial score (nSPS) is 11.0. The van der Waals surface area contributed by atoms with Gasteiger partial charge >= 0.3 is 5.97 Å². The second kappa shape index (κ2) is 7.33. The Bertz CT molecular complexity index is 922. The molecule has 0 unspecified atom stereocenters. The second-order valence-electron chi connectivity index (χ2n) is 6.27. The molecule has 0 atom stereocenters. The first-order chi connectivity index (χ1) is 12.4. The van der Waals surface area contributed by atoms with E-state index in [1.807, 2.05) is 31.2 Å². The molecule has 0 N–H and O–H groups in total. The van der Waals surface area contributed by atoms with E-state index in [0.29, 0.717) is 23.7 Å². The molecule has 3 aromatic rings. The van der Waals surface area contributed by atoms with E-state index in [1.165, 1.54) is 5.56 Å². The number of benzene rings is 1. The van der Waals surface area contributed by atoms with Crippen LogP contribution in [0.4, 0.5) is 0 Å². The number of hydrogen-bond acceptors (Lipinski definition) is 5. The highest BCUT2D eigenvalue weighted by atomic mass is 35.5. The lowest BCUT2D eigenvalue weighted by Gasteiger charge is -2.06. The molecule has 0 radical (unpaired) electrons. The van der Waals surface area contributed by atoms with Crippen LogP contribution >= 0.6 is 11.6 Å². The molecule has 0 fully saturated rings. The van der Waals surface area contributed by atoms with Gasteiger partial charge in [-0.05, 0) is 33.3 Å². The van der Waals surface area contributed by atoms with Crippen LogP contribution < -0.4 is 0 Å². The van der Waals surface area contributed by atoms with Crippen molar-refractivity contribution in [2.45, 2.75) is 40.8 Å². The van der Waals surface area contributed by atoms with Crippen LogP contribution in [0, 0.1) is 27.7 Å². The molecule has 2 heterocycles. The first-order valence-corrected chi connectivity index (χ1v) is 8.62. The van der Waals surface area contributed by atoms with Crippen molar-refractivity contribution >= 4 is 17.6 Å². The molecule has 26 heavy (non-hydrogen) atoms.